The van der Waals surface area contributed by atoms with Gasteiger partial charge in [0.25, 0.3) is 6.29 Å². The number of rotatable bonds is 11. The fourth-order valence-electron chi connectivity index (χ4n) is 2.58. The number of esters is 1. The standard InChI is InChI=1S/C20H28O5/c1-15(2)12-22-13-16(3)20(21)23-14-19(24-17-8-4-5-9-17)25-18-10-6-7-11-18/h8,10,19H,1,3-7,9,11-14H2,2H3. The molecule has 0 unspecified atom stereocenters. The van der Waals surface area contributed by atoms with E-state index in [2.05, 4.69) is 25.3 Å². The van der Waals surface area contributed by atoms with E-state index in [0.29, 0.717) is 6.61 Å². The topological polar surface area (TPSA) is 54.0 Å². The van der Waals surface area contributed by atoms with Crippen LogP contribution in [0.5, 0.6) is 0 Å². The molecule has 0 N–H and O–H groups in total. The van der Waals surface area contributed by atoms with Crippen LogP contribution in [0.3, 0.4) is 0 Å². The quantitative estimate of drug-likeness (QED) is 0.243. The molecule has 0 heterocycles. The highest BCUT2D eigenvalue weighted by molar-refractivity contribution is 5.87. The van der Waals surface area contributed by atoms with Crippen molar-refractivity contribution in [2.24, 2.45) is 0 Å². The van der Waals surface area contributed by atoms with Gasteiger partial charge in [-0.2, -0.15) is 0 Å². The maximum absolute atomic E-state index is 12.0. The van der Waals surface area contributed by atoms with E-state index >= 15 is 0 Å². The smallest absolute Gasteiger partial charge is 0.336 e. The molecule has 0 atom stereocenters. The van der Waals surface area contributed by atoms with Gasteiger partial charge in [-0.05, 0) is 44.8 Å². The van der Waals surface area contributed by atoms with Crippen LogP contribution in [0.25, 0.3) is 0 Å². The summed E-state index contributed by atoms with van der Waals surface area (Å²) in [5.41, 5.74) is 1.15. The first kappa shape index (κ1) is 19.3. The van der Waals surface area contributed by atoms with Gasteiger partial charge in [0, 0.05) is 12.8 Å². The Bertz CT molecular complexity index is 532. The lowest BCUT2D eigenvalue weighted by Crippen LogP contribution is -2.25. The van der Waals surface area contributed by atoms with E-state index in [4.69, 9.17) is 18.9 Å². The van der Waals surface area contributed by atoms with Crippen LogP contribution in [0, 0.1) is 0 Å². The predicted molar refractivity (Wildman–Crippen MR) is 95.6 cm³/mol. The highest BCUT2D eigenvalue weighted by Crippen LogP contribution is 2.25. The van der Waals surface area contributed by atoms with Gasteiger partial charge in [0.15, 0.2) is 6.61 Å². The predicted octanol–water partition coefficient (Wildman–Crippen LogP) is 4.17. The molecule has 0 saturated heterocycles. The van der Waals surface area contributed by atoms with Crippen molar-refractivity contribution >= 4 is 5.97 Å². The minimum absolute atomic E-state index is 0.0209. The van der Waals surface area contributed by atoms with Crippen LogP contribution in [0.15, 0.2) is 48.0 Å². The fourth-order valence-corrected chi connectivity index (χ4v) is 2.58. The Morgan fingerprint density at radius 2 is 1.68 bits per heavy atom. The molecule has 0 aromatic carbocycles. The normalized spacial score (nSPS) is 16.4. The summed E-state index contributed by atoms with van der Waals surface area (Å²) in [6, 6.07) is 0. The monoisotopic (exact) mass is 348 g/mol. The second kappa shape index (κ2) is 10.1. The first-order valence-corrected chi connectivity index (χ1v) is 8.83. The van der Waals surface area contributed by atoms with Crippen molar-refractivity contribution in [2.45, 2.75) is 51.7 Å². The number of ether oxygens (including phenoxy) is 4. The van der Waals surface area contributed by atoms with Crippen LogP contribution >= 0.6 is 0 Å². The molecule has 2 aliphatic carbocycles. The van der Waals surface area contributed by atoms with Crippen LogP contribution in [0.4, 0.5) is 0 Å². The zero-order valence-corrected chi connectivity index (χ0v) is 15.1. The van der Waals surface area contributed by atoms with E-state index in [1.54, 1.807) is 0 Å². The first-order chi connectivity index (χ1) is 12.0. The summed E-state index contributed by atoms with van der Waals surface area (Å²) in [5, 5.41) is 0. The Balaban J connectivity index is 1.79. The maximum Gasteiger partial charge on any atom is 0.336 e. The average Bonchev–Trinajstić information content (AvgIpc) is 3.25. The van der Waals surface area contributed by atoms with Gasteiger partial charge >= 0.3 is 5.97 Å². The number of hydrogen-bond acceptors (Lipinski definition) is 5. The largest absolute Gasteiger partial charge is 0.456 e. The third kappa shape index (κ3) is 7.18. The van der Waals surface area contributed by atoms with E-state index in [-0.39, 0.29) is 18.8 Å². The van der Waals surface area contributed by atoms with Gasteiger partial charge in [0.1, 0.15) is 0 Å². The summed E-state index contributed by atoms with van der Waals surface area (Å²) < 4.78 is 22.3. The third-order valence-corrected chi connectivity index (χ3v) is 3.83. The lowest BCUT2D eigenvalue weighted by Gasteiger charge is -2.22. The van der Waals surface area contributed by atoms with Gasteiger partial charge in [0.2, 0.25) is 0 Å². The van der Waals surface area contributed by atoms with Crippen LogP contribution in [-0.4, -0.2) is 32.1 Å². The average molecular weight is 348 g/mol. The molecule has 0 fully saturated rings. The van der Waals surface area contributed by atoms with Crippen molar-refractivity contribution in [1.29, 1.82) is 0 Å². The van der Waals surface area contributed by atoms with Crippen molar-refractivity contribution in [3.8, 4) is 0 Å². The molecule has 25 heavy (non-hydrogen) atoms. The Labute approximate surface area is 150 Å². The van der Waals surface area contributed by atoms with Crippen molar-refractivity contribution < 1.29 is 23.7 Å². The lowest BCUT2D eigenvalue weighted by molar-refractivity contribution is -0.159. The first-order valence-electron chi connectivity index (χ1n) is 8.83. The van der Waals surface area contributed by atoms with Crippen LogP contribution in [-0.2, 0) is 23.7 Å². The molecule has 0 amide bonds. The molecule has 5 nitrogen and oxygen atoms in total. The highest BCUT2D eigenvalue weighted by atomic mass is 16.7. The molecule has 0 radical (unpaired) electrons. The van der Waals surface area contributed by atoms with Crippen molar-refractivity contribution in [3.63, 3.8) is 0 Å². The molecule has 0 aromatic heterocycles. The van der Waals surface area contributed by atoms with E-state index < -0.39 is 12.3 Å². The molecular formula is C20H28O5. The third-order valence-electron chi connectivity index (χ3n) is 3.83. The Hall–Kier alpha value is -2.01. The summed E-state index contributed by atoms with van der Waals surface area (Å²) in [7, 11) is 0. The Kier molecular flexibility index (Phi) is 7.79. The van der Waals surface area contributed by atoms with E-state index in [0.717, 1.165) is 55.6 Å². The second-order valence-corrected chi connectivity index (χ2v) is 6.44. The molecule has 2 aliphatic rings. The Morgan fingerprint density at radius 1 is 1.08 bits per heavy atom. The number of allylic oxidation sites excluding steroid dienone is 4. The molecule has 2 rings (SSSR count). The summed E-state index contributed by atoms with van der Waals surface area (Å²) in [4.78, 5) is 12.0. The molecular weight excluding hydrogens is 320 g/mol. The number of carbonyl (C=O) groups is 1. The van der Waals surface area contributed by atoms with Gasteiger partial charge in [-0.1, -0.05) is 18.7 Å². The van der Waals surface area contributed by atoms with Crippen LogP contribution in [0.1, 0.15) is 45.4 Å². The van der Waals surface area contributed by atoms with E-state index in [9.17, 15) is 4.79 Å². The zero-order valence-electron chi connectivity index (χ0n) is 15.1. The van der Waals surface area contributed by atoms with Gasteiger partial charge in [-0.15, -0.1) is 0 Å². The minimum atomic E-state index is -0.623. The van der Waals surface area contributed by atoms with Gasteiger partial charge in [-0.25, -0.2) is 4.79 Å². The summed E-state index contributed by atoms with van der Waals surface area (Å²) in [6.07, 6.45) is 9.49. The summed E-state index contributed by atoms with van der Waals surface area (Å²) >= 11 is 0. The van der Waals surface area contributed by atoms with E-state index in [1.807, 2.05) is 6.92 Å². The van der Waals surface area contributed by atoms with Crippen LogP contribution in [0.2, 0.25) is 0 Å². The molecule has 0 saturated carbocycles. The molecule has 0 bridgehead atoms. The maximum atomic E-state index is 12.0. The van der Waals surface area contributed by atoms with E-state index in [1.165, 1.54) is 0 Å². The molecule has 0 spiro atoms. The van der Waals surface area contributed by atoms with Crippen LogP contribution < -0.4 is 0 Å². The summed E-state index contributed by atoms with van der Waals surface area (Å²) in [6.45, 7) is 9.83. The Morgan fingerprint density at radius 3 is 2.16 bits per heavy atom. The number of hydrogen-bond donors (Lipinski definition) is 0. The molecule has 0 aliphatic heterocycles. The van der Waals surface area contributed by atoms with Crippen molar-refractivity contribution in [2.75, 3.05) is 19.8 Å². The fraction of sp³-hybridized carbons (Fsp3) is 0.550. The van der Waals surface area contributed by atoms with Gasteiger partial charge < -0.3 is 18.9 Å². The molecule has 0 aromatic rings. The summed E-state index contributed by atoms with van der Waals surface area (Å²) in [5.74, 6) is 1.31. The minimum Gasteiger partial charge on any atom is -0.456 e. The second-order valence-electron chi connectivity index (χ2n) is 6.44. The van der Waals surface area contributed by atoms with Crippen molar-refractivity contribution in [3.05, 3.63) is 48.0 Å². The highest BCUT2D eigenvalue weighted by Gasteiger charge is 2.21. The van der Waals surface area contributed by atoms with Gasteiger partial charge in [0.05, 0.1) is 30.3 Å². The zero-order chi connectivity index (χ0) is 18.1. The molecule has 138 valence electrons. The number of carbonyl (C=O) groups excluding carboxylic acids is 1. The van der Waals surface area contributed by atoms with Crippen molar-refractivity contribution in [1.82, 2.24) is 0 Å². The lowest BCUT2D eigenvalue weighted by atomic mass is 10.3. The molecule has 5 heteroatoms. The SMILES string of the molecule is C=C(C)COCC(=C)C(=O)OCC(OC1=CCCC1)OC1=CCCC1. The van der Waals surface area contributed by atoms with Gasteiger partial charge in [-0.3, -0.25) is 0 Å².